The van der Waals surface area contributed by atoms with Crippen molar-refractivity contribution in [2.45, 2.75) is 18.9 Å². The Bertz CT molecular complexity index is 365. The van der Waals surface area contributed by atoms with Crippen molar-refractivity contribution in [3.8, 4) is 0 Å². The number of aryl methyl sites for hydroxylation is 1. The number of nitrogens with two attached hydrogens (primary N) is 1. The molecule has 15 heavy (non-hydrogen) atoms. The molecule has 0 radical (unpaired) electrons. The number of para-hydroxylation sites is 1. The van der Waals surface area contributed by atoms with Crippen molar-refractivity contribution in [2.75, 3.05) is 25.0 Å². The molecule has 2 atom stereocenters. The lowest BCUT2D eigenvalue weighted by Gasteiger charge is -2.17. The van der Waals surface area contributed by atoms with Crippen molar-refractivity contribution in [2.24, 2.45) is 5.73 Å². The van der Waals surface area contributed by atoms with Gasteiger partial charge < -0.3 is 15.7 Å². The highest BCUT2D eigenvalue weighted by atomic mass is 16.3. The lowest BCUT2D eigenvalue weighted by molar-refractivity contribution is 0.156. The fraction of sp³-hybridized carbons (Fsp3) is 0.500. The van der Waals surface area contributed by atoms with Gasteiger partial charge in [0.1, 0.15) is 0 Å². The quantitative estimate of drug-likeness (QED) is 0.754. The van der Waals surface area contributed by atoms with Crippen LogP contribution in [0, 0.1) is 6.92 Å². The summed E-state index contributed by atoms with van der Waals surface area (Å²) in [6.45, 7) is 3.29. The molecule has 0 aromatic heterocycles. The molecule has 3 nitrogen and oxygen atoms in total. The Morgan fingerprint density at radius 1 is 1.60 bits per heavy atom. The second kappa shape index (κ2) is 3.83. The van der Waals surface area contributed by atoms with Crippen molar-refractivity contribution < 1.29 is 5.11 Å². The Balaban J connectivity index is 2.42. The lowest BCUT2D eigenvalue weighted by atomic mass is 9.94. The molecule has 0 bridgehead atoms. The van der Waals surface area contributed by atoms with Gasteiger partial charge in [0.05, 0.1) is 6.10 Å². The molecule has 0 amide bonds. The second-order valence-electron chi connectivity index (χ2n) is 4.30. The van der Waals surface area contributed by atoms with E-state index in [1.807, 2.05) is 6.07 Å². The minimum absolute atomic E-state index is 0.162. The minimum Gasteiger partial charge on any atom is -0.391 e. The zero-order valence-corrected chi connectivity index (χ0v) is 9.27. The molecule has 0 saturated heterocycles. The topological polar surface area (TPSA) is 49.5 Å². The van der Waals surface area contributed by atoms with Crippen LogP contribution >= 0.6 is 0 Å². The Morgan fingerprint density at radius 3 is 3.00 bits per heavy atom. The number of benzene rings is 1. The van der Waals surface area contributed by atoms with Gasteiger partial charge in [0.25, 0.3) is 0 Å². The van der Waals surface area contributed by atoms with Crippen LogP contribution in [-0.2, 0) is 0 Å². The zero-order valence-electron chi connectivity index (χ0n) is 9.27. The van der Waals surface area contributed by atoms with E-state index < -0.39 is 6.10 Å². The molecule has 82 valence electrons. The SMILES string of the molecule is Cc1cccc2c1N(C)CC2C(O)CN. The highest BCUT2D eigenvalue weighted by Crippen LogP contribution is 2.38. The molecule has 1 heterocycles. The summed E-state index contributed by atoms with van der Waals surface area (Å²) in [7, 11) is 2.06. The largest absolute Gasteiger partial charge is 0.391 e. The third kappa shape index (κ3) is 1.62. The molecule has 1 aliphatic heterocycles. The highest BCUT2D eigenvalue weighted by molar-refractivity contribution is 5.64. The highest BCUT2D eigenvalue weighted by Gasteiger charge is 2.31. The number of aliphatic hydroxyl groups is 1. The van der Waals surface area contributed by atoms with E-state index in [0.717, 1.165) is 6.54 Å². The van der Waals surface area contributed by atoms with E-state index >= 15 is 0 Å². The summed E-state index contributed by atoms with van der Waals surface area (Å²) in [5.74, 6) is 0.162. The number of hydrogen-bond acceptors (Lipinski definition) is 3. The van der Waals surface area contributed by atoms with E-state index in [1.54, 1.807) is 0 Å². The maximum absolute atomic E-state index is 9.86. The molecule has 3 N–H and O–H groups in total. The molecule has 0 fully saturated rings. The molecule has 1 aromatic rings. The Labute approximate surface area is 90.5 Å². The molecule has 3 heteroatoms. The smallest absolute Gasteiger partial charge is 0.0748 e. The molecular formula is C12H18N2O. The number of hydrogen-bond donors (Lipinski definition) is 2. The summed E-state index contributed by atoms with van der Waals surface area (Å²) >= 11 is 0. The van der Waals surface area contributed by atoms with Crippen LogP contribution in [0.3, 0.4) is 0 Å². The average Bonchev–Trinajstić information content (AvgIpc) is 2.56. The van der Waals surface area contributed by atoms with Gasteiger partial charge in [0.2, 0.25) is 0 Å². The van der Waals surface area contributed by atoms with Crippen LogP contribution in [0.2, 0.25) is 0 Å². The second-order valence-corrected chi connectivity index (χ2v) is 4.30. The Kier molecular flexibility index (Phi) is 2.67. The van der Waals surface area contributed by atoms with Gasteiger partial charge in [0.15, 0.2) is 0 Å². The summed E-state index contributed by atoms with van der Waals surface area (Å²) in [4.78, 5) is 2.20. The van der Waals surface area contributed by atoms with E-state index in [9.17, 15) is 5.11 Å². The molecule has 1 aromatic carbocycles. The number of nitrogens with zero attached hydrogens (tertiary/aromatic N) is 1. The van der Waals surface area contributed by atoms with Crippen LogP contribution in [-0.4, -0.2) is 31.3 Å². The summed E-state index contributed by atoms with van der Waals surface area (Å²) < 4.78 is 0. The molecule has 0 aliphatic carbocycles. The van der Waals surface area contributed by atoms with E-state index in [0.29, 0.717) is 6.54 Å². The molecule has 2 rings (SSSR count). The van der Waals surface area contributed by atoms with Gasteiger partial charge in [-0.05, 0) is 18.1 Å². The predicted molar refractivity (Wildman–Crippen MR) is 62.3 cm³/mol. The summed E-state index contributed by atoms with van der Waals surface area (Å²) in [5, 5.41) is 9.86. The fourth-order valence-electron chi connectivity index (χ4n) is 2.48. The number of fused-ring (bicyclic) bond motifs is 1. The summed E-state index contributed by atoms with van der Waals surface area (Å²) in [6.07, 6.45) is -0.435. The van der Waals surface area contributed by atoms with E-state index in [-0.39, 0.29) is 5.92 Å². The van der Waals surface area contributed by atoms with E-state index in [2.05, 4.69) is 31.0 Å². The van der Waals surface area contributed by atoms with E-state index in [4.69, 9.17) is 5.73 Å². The van der Waals surface area contributed by atoms with Crippen LogP contribution in [0.15, 0.2) is 18.2 Å². The first-order valence-electron chi connectivity index (χ1n) is 5.34. The first kappa shape index (κ1) is 10.5. The number of aliphatic hydroxyl groups excluding tert-OH is 1. The number of likely N-dealkylation sites (N-methyl/N-ethyl adjacent to an activating group) is 1. The standard InChI is InChI=1S/C12H18N2O/c1-8-4-3-5-9-10(11(15)6-13)7-14(2)12(8)9/h3-5,10-11,15H,6-7,13H2,1-2H3. The number of rotatable bonds is 2. The van der Waals surface area contributed by atoms with Crippen molar-refractivity contribution in [1.82, 2.24) is 0 Å². The minimum atomic E-state index is -0.435. The third-order valence-electron chi connectivity index (χ3n) is 3.23. The maximum Gasteiger partial charge on any atom is 0.0748 e. The van der Waals surface area contributed by atoms with Gasteiger partial charge in [-0.1, -0.05) is 18.2 Å². The first-order valence-corrected chi connectivity index (χ1v) is 5.34. The zero-order chi connectivity index (χ0) is 11.0. The van der Waals surface area contributed by atoms with Crippen LogP contribution in [0.4, 0.5) is 5.69 Å². The van der Waals surface area contributed by atoms with Crippen LogP contribution in [0.5, 0.6) is 0 Å². The van der Waals surface area contributed by atoms with Gasteiger partial charge >= 0.3 is 0 Å². The molecule has 0 spiro atoms. The average molecular weight is 206 g/mol. The van der Waals surface area contributed by atoms with Crippen molar-refractivity contribution in [3.63, 3.8) is 0 Å². The van der Waals surface area contributed by atoms with Crippen LogP contribution in [0.25, 0.3) is 0 Å². The Hall–Kier alpha value is -1.06. The predicted octanol–water partition coefficient (Wildman–Crippen LogP) is 0.848. The van der Waals surface area contributed by atoms with Gasteiger partial charge in [-0.2, -0.15) is 0 Å². The summed E-state index contributed by atoms with van der Waals surface area (Å²) in [5.41, 5.74) is 9.28. The lowest BCUT2D eigenvalue weighted by Crippen LogP contribution is -2.30. The van der Waals surface area contributed by atoms with Gasteiger partial charge in [0, 0.05) is 31.7 Å². The number of anilines is 1. The maximum atomic E-state index is 9.86. The summed E-state index contributed by atoms with van der Waals surface area (Å²) in [6, 6.07) is 6.24. The van der Waals surface area contributed by atoms with Crippen molar-refractivity contribution >= 4 is 5.69 Å². The van der Waals surface area contributed by atoms with Crippen molar-refractivity contribution in [1.29, 1.82) is 0 Å². The Morgan fingerprint density at radius 2 is 2.33 bits per heavy atom. The van der Waals surface area contributed by atoms with Gasteiger partial charge in [-0.15, -0.1) is 0 Å². The van der Waals surface area contributed by atoms with Crippen LogP contribution < -0.4 is 10.6 Å². The molecule has 0 saturated carbocycles. The van der Waals surface area contributed by atoms with Crippen LogP contribution in [0.1, 0.15) is 17.0 Å². The van der Waals surface area contributed by atoms with Gasteiger partial charge in [-0.25, -0.2) is 0 Å². The third-order valence-corrected chi connectivity index (χ3v) is 3.23. The fourth-order valence-corrected chi connectivity index (χ4v) is 2.48. The van der Waals surface area contributed by atoms with Gasteiger partial charge in [-0.3, -0.25) is 0 Å². The molecule has 2 unspecified atom stereocenters. The molecule has 1 aliphatic rings. The van der Waals surface area contributed by atoms with E-state index in [1.165, 1.54) is 16.8 Å². The van der Waals surface area contributed by atoms with Crippen molar-refractivity contribution in [3.05, 3.63) is 29.3 Å². The first-order chi connectivity index (χ1) is 7.15. The monoisotopic (exact) mass is 206 g/mol. The molecular weight excluding hydrogens is 188 g/mol. The normalized spacial score (nSPS) is 21.6.